The van der Waals surface area contributed by atoms with Gasteiger partial charge in [-0.25, -0.2) is 0 Å². The second kappa shape index (κ2) is 10.3. The lowest BCUT2D eigenvalue weighted by atomic mass is 10.3. The van der Waals surface area contributed by atoms with Crippen LogP contribution in [0.4, 0.5) is 0 Å². The summed E-state index contributed by atoms with van der Waals surface area (Å²) in [6.45, 7) is 8.56. The minimum atomic E-state index is -0.842. The van der Waals surface area contributed by atoms with Gasteiger partial charge in [0.2, 0.25) is 8.65 Å². The van der Waals surface area contributed by atoms with Crippen LogP contribution in [0.25, 0.3) is 0 Å². The molecule has 3 heteroatoms. The van der Waals surface area contributed by atoms with Crippen molar-refractivity contribution in [3.8, 4) is 0 Å². The molecule has 0 saturated carbocycles. The van der Waals surface area contributed by atoms with Crippen LogP contribution in [0.2, 0.25) is 6.04 Å². The molecule has 0 heterocycles. The molecular formula is C14H26O2Si. The van der Waals surface area contributed by atoms with Gasteiger partial charge >= 0.3 is 0 Å². The first-order valence-corrected chi connectivity index (χ1v) is 8.24. The highest BCUT2D eigenvalue weighted by atomic mass is 28.3. The zero-order valence-electron chi connectivity index (χ0n) is 11.9. The molecular weight excluding hydrogens is 228 g/mol. The lowest BCUT2D eigenvalue weighted by Crippen LogP contribution is -2.11. The van der Waals surface area contributed by atoms with E-state index < -0.39 is 8.65 Å². The molecule has 0 amide bonds. The summed E-state index contributed by atoms with van der Waals surface area (Å²) in [5.74, 6) is 1.78. The molecule has 17 heavy (non-hydrogen) atoms. The van der Waals surface area contributed by atoms with Gasteiger partial charge in [-0.15, -0.1) is 0 Å². The number of hydrogen-bond donors (Lipinski definition) is 0. The molecule has 0 unspecified atom stereocenters. The summed E-state index contributed by atoms with van der Waals surface area (Å²) in [6.07, 6.45) is 7.17. The van der Waals surface area contributed by atoms with Crippen molar-refractivity contribution in [2.75, 3.05) is 7.11 Å². The van der Waals surface area contributed by atoms with E-state index >= 15 is 0 Å². The van der Waals surface area contributed by atoms with Crippen molar-refractivity contribution in [3.63, 3.8) is 0 Å². The van der Waals surface area contributed by atoms with Gasteiger partial charge in [0.15, 0.2) is 5.76 Å². The highest BCUT2D eigenvalue weighted by Gasteiger charge is 2.08. The summed E-state index contributed by atoms with van der Waals surface area (Å²) < 4.78 is 11.5. The number of rotatable bonds is 8. The van der Waals surface area contributed by atoms with E-state index in [9.17, 15) is 0 Å². The van der Waals surface area contributed by atoms with Gasteiger partial charge in [-0.1, -0.05) is 33.4 Å². The third-order valence-electron chi connectivity index (χ3n) is 2.26. The van der Waals surface area contributed by atoms with E-state index in [4.69, 9.17) is 9.16 Å². The Morgan fingerprint density at radius 3 is 1.94 bits per heavy atom. The molecule has 0 aromatic heterocycles. The topological polar surface area (TPSA) is 18.5 Å². The maximum atomic E-state index is 6.10. The quantitative estimate of drug-likeness (QED) is 0.370. The third kappa shape index (κ3) is 6.47. The zero-order valence-corrected chi connectivity index (χ0v) is 12.9. The monoisotopic (exact) mass is 254 g/mol. The van der Waals surface area contributed by atoms with Gasteiger partial charge in [0, 0.05) is 0 Å². The Hall–Kier alpha value is -0.833. The molecule has 98 valence electrons. The largest absolute Gasteiger partial charge is 0.514 e. The summed E-state index contributed by atoms with van der Waals surface area (Å²) in [6, 6.07) is 1.09. The second-order valence-corrected chi connectivity index (χ2v) is 5.94. The first-order chi connectivity index (χ1) is 8.23. The minimum Gasteiger partial charge on any atom is -0.514 e. The Kier molecular flexibility index (Phi) is 9.82. The Morgan fingerprint density at radius 1 is 0.941 bits per heavy atom. The van der Waals surface area contributed by atoms with Crippen molar-refractivity contribution in [2.24, 2.45) is 0 Å². The van der Waals surface area contributed by atoms with Crippen LogP contribution in [0.1, 0.15) is 47.0 Å². The maximum Gasteiger partial charge on any atom is 0.235 e. The first kappa shape index (κ1) is 16.2. The molecule has 0 rings (SSSR count). The molecule has 0 aliphatic rings. The predicted octanol–water partition coefficient (Wildman–Crippen LogP) is 4.04. The van der Waals surface area contributed by atoms with Gasteiger partial charge in [-0.2, -0.15) is 0 Å². The van der Waals surface area contributed by atoms with Gasteiger partial charge in [0.05, 0.1) is 7.11 Å². The summed E-state index contributed by atoms with van der Waals surface area (Å²) in [5.41, 5.74) is 2.30. The first-order valence-electron chi connectivity index (χ1n) is 6.54. The van der Waals surface area contributed by atoms with Gasteiger partial charge in [0.25, 0.3) is 0 Å². The predicted molar refractivity (Wildman–Crippen MR) is 77.4 cm³/mol. The van der Waals surface area contributed by atoms with Gasteiger partial charge < -0.3 is 9.16 Å². The van der Waals surface area contributed by atoms with E-state index in [1.807, 2.05) is 0 Å². The summed E-state index contributed by atoms with van der Waals surface area (Å²) in [7, 11) is 0.863. The number of allylic oxidation sites excluding steroid dienone is 2. The van der Waals surface area contributed by atoms with E-state index in [1.54, 1.807) is 7.11 Å². The fourth-order valence-electron chi connectivity index (χ4n) is 1.47. The molecule has 0 aliphatic carbocycles. The summed E-state index contributed by atoms with van der Waals surface area (Å²) >= 11 is 0. The number of ether oxygens (including phenoxy) is 1. The molecule has 0 radical (unpaired) electrons. The molecule has 0 aromatic carbocycles. The van der Waals surface area contributed by atoms with E-state index in [-0.39, 0.29) is 0 Å². The molecule has 0 aromatic rings. The molecule has 0 atom stereocenters. The SMILES string of the molecule is CCC=C(OC)C(=CCC)O[Si](=CCC)CC. The Balaban J connectivity index is 4.92. The molecule has 0 bridgehead atoms. The summed E-state index contributed by atoms with van der Waals surface area (Å²) in [5, 5.41) is 0. The van der Waals surface area contributed by atoms with Gasteiger partial charge in [-0.05, 0) is 37.5 Å². The Morgan fingerprint density at radius 2 is 1.53 bits per heavy atom. The van der Waals surface area contributed by atoms with Crippen LogP contribution < -0.4 is 0 Å². The average molecular weight is 254 g/mol. The molecule has 0 saturated heterocycles. The average Bonchev–Trinajstić information content (AvgIpc) is 2.34. The van der Waals surface area contributed by atoms with Crippen LogP contribution in [0, 0.1) is 0 Å². The zero-order chi connectivity index (χ0) is 13.1. The highest BCUT2D eigenvalue weighted by Crippen LogP contribution is 2.15. The van der Waals surface area contributed by atoms with Crippen LogP contribution in [-0.2, 0) is 9.16 Å². The van der Waals surface area contributed by atoms with Crippen LogP contribution in [0.15, 0.2) is 23.7 Å². The summed E-state index contributed by atoms with van der Waals surface area (Å²) in [4.78, 5) is 0. The van der Waals surface area contributed by atoms with Crippen molar-refractivity contribution in [1.29, 1.82) is 0 Å². The van der Waals surface area contributed by atoms with Crippen molar-refractivity contribution in [3.05, 3.63) is 23.7 Å². The fraction of sp³-hybridized carbons (Fsp3) is 0.643. The lowest BCUT2D eigenvalue weighted by Gasteiger charge is -2.14. The lowest BCUT2D eigenvalue weighted by molar-refractivity contribution is 0.263. The number of methoxy groups -OCH3 is 1. The van der Waals surface area contributed by atoms with Gasteiger partial charge in [0.1, 0.15) is 5.76 Å². The Labute approximate surface area is 108 Å². The molecule has 2 nitrogen and oxygen atoms in total. The highest BCUT2D eigenvalue weighted by molar-refractivity contribution is 6.60. The van der Waals surface area contributed by atoms with Gasteiger partial charge in [-0.3, -0.25) is 0 Å². The maximum absolute atomic E-state index is 6.10. The van der Waals surface area contributed by atoms with Crippen molar-refractivity contribution >= 4 is 14.3 Å². The van der Waals surface area contributed by atoms with Crippen molar-refractivity contribution < 1.29 is 9.16 Å². The normalized spacial score (nSPS) is 13.8. The fourth-order valence-corrected chi connectivity index (χ4v) is 2.91. The molecule has 0 spiro atoms. The van der Waals surface area contributed by atoms with Crippen LogP contribution in [0.5, 0.6) is 0 Å². The smallest absolute Gasteiger partial charge is 0.235 e. The standard InChI is InChI=1S/C14H26O2Si/c1-6-10-13(15-5)14(11-7-2)16-17(9-4)12-8-3/h10-12H,6-9H2,1-5H3. The number of hydrogen-bond acceptors (Lipinski definition) is 2. The molecule has 0 N–H and O–H groups in total. The van der Waals surface area contributed by atoms with Crippen LogP contribution in [-0.4, -0.2) is 21.4 Å². The Bertz CT molecular complexity index is 291. The van der Waals surface area contributed by atoms with E-state index in [2.05, 4.69) is 45.5 Å². The molecule has 0 aliphatic heterocycles. The third-order valence-corrected chi connectivity index (χ3v) is 4.31. The van der Waals surface area contributed by atoms with E-state index in [0.717, 1.165) is 36.8 Å². The second-order valence-electron chi connectivity index (χ2n) is 3.69. The van der Waals surface area contributed by atoms with Crippen molar-refractivity contribution in [2.45, 2.75) is 53.0 Å². The van der Waals surface area contributed by atoms with Crippen LogP contribution >= 0.6 is 0 Å². The molecule has 0 fully saturated rings. The van der Waals surface area contributed by atoms with Crippen molar-refractivity contribution in [1.82, 2.24) is 0 Å². The van der Waals surface area contributed by atoms with E-state index in [1.165, 1.54) is 0 Å². The van der Waals surface area contributed by atoms with Crippen LogP contribution in [0.3, 0.4) is 0 Å². The minimum absolute atomic E-state index is 0.842. The van der Waals surface area contributed by atoms with E-state index in [0.29, 0.717) is 0 Å².